The molecular weight excluding hydrogens is 162 g/mol. The van der Waals surface area contributed by atoms with Crippen molar-refractivity contribution in [2.24, 2.45) is 0 Å². The molecule has 2 aromatic rings. The summed E-state index contributed by atoms with van der Waals surface area (Å²) in [6, 6.07) is 7.50. The van der Waals surface area contributed by atoms with Gasteiger partial charge in [-0.2, -0.15) is 5.26 Å². The summed E-state index contributed by atoms with van der Waals surface area (Å²) in [4.78, 5) is 8.44. The molecule has 0 N–H and O–H groups in total. The molecule has 0 aliphatic rings. The smallest absolute Gasteiger partial charge is 0.106 e. The molecule has 3 nitrogen and oxygen atoms in total. The standard InChI is InChI=1S/C10H7N3/c1-7-6-12-10-8(5-11)3-2-4-9(10)13-7/h2-4,6H,1H3. The molecule has 0 atom stereocenters. The van der Waals surface area contributed by atoms with E-state index in [2.05, 4.69) is 16.0 Å². The van der Waals surface area contributed by atoms with Crippen molar-refractivity contribution in [1.29, 1.82) is 5.26 Å². The Kier molecular flexibility index (Phi) is 1.67. The van der Waals surface area contributed by atoms with E-state index in [0.717, 1.165) is 11.2 Å². The van der Waals surface area contributed by atoms with Gasteiger partial charge in [0.05, 0.1) is 16.8 Å². The van der Waals surface area contributed by atoms with Gasteiger partial charge in [-0.25, -0.2) is 4.98 Å². The summed E-state index contributed by atoms with van der Waals surface area (Å²) >= 11 is 0. The molecule has 0 fully saturated rings. The lowest BCUT2D eigenvalue weighted by Gasteiger charge is -1.98. The maximum absolute atomic E-state index is 8.79. The van der Waals surface area contributed by atoms with Crippen LogP contribution in [0.5, 0.6) is 0 Å². The van der Waals surface area contributed by atoms with Crippen molar-refractivity contribution in [3.63, 3.8) is 0 Å². The van der Waals surface area contributed by atoms with Gasteiger partial charge in [0.15, 0.2) is 0 Å². The zero-order chi connectivity index (χ0) is 9.26. The number of nitriles is 1. The maximum atomic E-state index is 8.79. The fourth-order valence-electron chi connectivity index (χ4n) is 1.22. The van der Waals surface area contributed by atoms with Crippen molar-refractivity contribution >= 4 is 11.0 Å². The Bertz CT molecular complexity index is 497. The predicted molar refractivity (Wildman–Crippen MR) is 49.0 cm³/mol. The topological polar surface area (TPSA) is 49.6 Å². The molecule has 0 aliphatic heterocycles. The third-order valence-electron chi connectivity index (χ3n) is 1.81. The SMILES string of the molecule is Cc1cnc2c(C#N)cccc2n1. The largest absolute Gasteiger partial charge is 0.251 e. The monoisotopic (exact) mass is 169 g/mol. The van der Waals surface area contributed by atoms with Crippen molar-refractivity contribution in [3.8, 4) is 6.07 Å². The number of aromatic nitrogens is 2. The Balaban J connectivity index is 2.87. The first-order chi connectivity index (χ1) is 6.31. The number of hydrogen-bond acceptors (Lipinski definition) is 3. The molecule has 1 heterocycles. The maximum Gasteiger partial charge on any atom is 0.106 e. The highest BCUT2D eigenvalue weighted by atomic mass is 14.8. The number of para-hydroxylation sites is 1. The second-order valence-electron chi connectivity index (χ2n) is 2.80. The molecule has 62 valence electrons. The minimum atomic E-state index is 0.574. The van der Waals surface area contributed by atoms with Gasteiger partial charge in [-0.05, 0) is 19.1 Å². The number of rotatable bonds is 0. The molecule has 0 saturated carbocycles. The first-order valence-corrected chi connectivity index (χ1v) is 3.94. The van der Waals surface area contributed by atoms with Gasteiger partial charge in [0.2, 0.25) is 0 Å². The number of fused-ring (bicyclic) bond motifs is 1. The van der Waals surface area contributed by atoms with Crippen LogP contribution in [0.3, 0.4) is 0 Å². The van der Waals surface area contributed by atoms with E-state index in [-0.39, 0.29) is 0 Å². The number of nitrogens with zero attached hydrogens (tertiary/aromatic N) is 3. The van der Waals surface area contributed by atoms with Crippen LogP contribution in [0, 0.1) is 18.3 Å². The average Bonchev–Trinajstić information content (AvgIpc) is 2.16. The molecule has 1 aromatic carbocycles. The summed E-state index contributed by atoms with van der Waals surface area (Å²) in [5.74, 6) is 0. The molecule has 1 aromatic heterocycles. The quantitative estimate of drug-likeness (QED) is 0.604. The highest BCUT2D eigenvalue weighted by Crippen LogP contribution is 2.13. The normalized spacial score (nSPS) is 9.85. The fraction of sp³-hybridized carbons (Fsp3) is 0.100. The third kappa shape index (κ3) is 1.23. The van der Waals surface area contributed by atoms with Gasteiger partial charge in [-0.15, -0.1) is 0 Å². The zero-order valence-corrected chi connectivity index (χ0v) is 7.15. The Labute approximate surface area is 75.7 Å². The molecular formula is C10H7N3. The minimum Gasteiger partial charge on any atom is -0.251 e. The van der Waals surface area contributed by atoms with E-state index in [1.54, 1.807) is 12.3 Å². The molecule has 0 spiro atoms. The molecule has 0 unspecified atom stereocenters. The summed E-state index contributed by atoms with van der Waals surface area (Å²) in [6.45, 7) is 1.88. The fourth-order valence-corrected chi connectivity index (χ4v) is 1.22. The Morgan fingerprint density at radius 3 is 3.00 bits per heavy atom. The van der Waals surface area contributed by atoms with Gasteiger partial charge in [0.1, 0.15) is 11.6 Å². The molecule has 13 heavy (non-hydrogen) atoms. The summed E-state index contributed by atoms with van der Waals surface area (Å²) in [7, 11) is 0. The lowest BCUT2D eigenvalue weighted by atomic mass is 10.2. The molecule has 0 bridgehead atoms. The Morgan fingerprint density at radius 2 is 2.23 bits per heavy atom. The summed E-state index contributed by atoms with van der Waals surface area (Å²) < 4.78 is 0. The second-order valence-corrected chi connectivity index (χ2v) is 2.80. The third-order valence-corrected chi connectivity index (χ3v) is 1.81. The van der Waals surface area contributed by atoms with Crippen molar-refractivity contribution < 1.29 is 0 Å². The lowest BCUT2D eigenvalue weighted by molar-refractivity contribution is 1.18. The molecule has 0 amide bonds. The van der Waals surface area contributed by atoms with E-state index in [4.69, 9.17) is 5.26 Å². The zero-order valence-electron chi connectivity index (χ0n) is 7.15. The highest BCUT2D eigenvalue weighted by Gasteiger charge is 2.01. The number of aryl methyl sites for hydroxylation is 1. The Hall–Kier alpha value is -1.95. The van der Waals surface area contributed by atoms with Crippen LogP contribution in [0.4, 0.5) is 0 Å². The van der Waals surface area contributed by atoms with Gasteiger partial charge in [0, 0.05) is 6.20 Å². The number of hydrogen-bond donors (Lipinski definition) is 0. The lowest BCUT2D eigenvalue weighted by Crippen LogP contribution is -1.89. The van der Waals surface area contributed by atoms with Gasteiger partial charge >= 0.3 is 0 Å². The molecule has 2 rings (SSSR count). The van der Waals surface area contributed by atoms with Crippen LogP contribution < -0.4 is 0 Å². The van der Waals surface area contributed by atoms with E-state index in [1.807, 2.05) is 19.1 Å². The predicted octanol–water partition coefficient (Wildman–Crippen LogP) is 1.81. The van der Waals surface area contributed by atoms with Crippen LogP contribution in [-0.4, -0.2) is 9.97 Å². The van der Waals surface area contributed by atoms with E-state index in [0.29, 0.717) is 11.1 Å². The van der Waals surface area contributed by atoms with Crippen LogP contribution in [0.2, 0.25) is 0 Å². The molecule has 0 aliphatic carbocycles. The second kappa shape index (κ2) is 2.83. The molecule has 0 radical (unpaired) electrons. The molecule has 3 heteroatoms. The van der Waals surface area contributed by atoms with Crippen LogP contribution in [-0.2, 0) is 0 Å². The van der Waals surface area contributed by atoms with E-state index < -0.39 is 0 Å². The van der Waals surface area contributed by atoms with Gasteiger partial charge in [-0.1, -0.05) is 6.07 Å². The van der Waals surface area contributed by atoms with Gasteiger partial charge in [0.25, 0.3) is 0 Å². The van der Waals surface area contributed by atoms with Crippen LogP contribution in [0.15, 0.2) is 24.4 Å². The van der Waals surface area contributed by atoms with Crippen molar-refractivity contribution in [1.82, 2.24) is 9.97 Å². The van der Waals surface area contributed by atoms with E-state index in [9.17, 15) is 0 Å². The minimum absolute atomic E-state index is 0.574. The van der Waals surface area contributed by atoms with E-state index >= 15 is 0 Å². The summed E-state index contributed by atoms with van der Waals surface area (Å²) in [5, 5.41) is 8.79. The van der Waals surface area contributed by atoms with Crippen LogP contribution in [0.25, 0.3) is 11.0 Å². The van der Waals surface area contributed by atoms with Crippen LogP contribution in [0.1, 0.15) is 11.3 Å². The first kappa shape index (κ1) is 7.69. The number of benzene rings is 1. The van der Waals surface area contributed by atoms with Crippen molar-refractivity contribution in [2.45, 2.75) is 6.92 Å². The van der Waals surface area contributed by atoms with Gasteiger partial charge < -0.3 is 0 Å². The summed E-state index contributed by atoms with van der Waals surface area (Å²) in [5.41, 5.74) is 2.89. The first-order valence-electron chi connectivity index (χ1n) is 3.94. The van der Waals surface area contributed by atoms with Crippen molar-refractivity contribution in [3.05, 3.63) is 35.7 Å². The highest BCUT2D eigenvalue weighted by molar-refractivity contribution is 5.80. The average molecular weight is 169 g/mol. The van der Waals surface area contributed by atoms with Crippen LogP contribution >= 0.6 is 0 Å². The Morgan fingerprint density at radius 1 is 1.38 bits per heavy atom. The molecule has 0 saturated heterocycles. The van der Waals surface area contributed by atoms with Gasteiger partial charge in [-0.3, -0.25) is 4.98 Å². The summed E-state index contributed by atoms with van der Waals surface area (Å²) in [6.07, 6.45) is 1.67. The van der Waals surface area contributed by atoms with E-state index in [1.165, 1.54) is 0 Å². The van der Waals surface area contributed by atoms with Crippen molar-refractivity contribution in [2.75, 3.05) is 0 Å².